The van der Waals surface area contributed by atoms with Crippen LogP contribution in [-0.4, -0.2) is 35.4 Å². The molecule has 3 aromatic rings. The van der Waals surface area contributed by atoms with Gasteiger partial charge in [-0.15, -0.1) is 0 Å². The maximum absolute atomic E-state index is 13.5. The lowest BCUT2D eigenvalue weighted by molar-refractivity contribution is -0.143. The molecular formula is C28H31BrN2O3. The molecule has 0 radical (unpaired) electrons. The number of benzene rings is 3. The van der Waals surface area contributed by atoms with E-state index in [9.17, 15) is 9.59 Å². The van der Waals surface area contributed by atoms with Crippen molar-refractivity contribution in [3.8, 4) is 5.75 Å². The molecule has 0 heterocycles. The molecule has 0 aliphatic carbocycles. The quantitative estimate of drug-likeness (QED) is 0.367. The maximum Gasteiger partial charge on any atom is 0.261 e. The monoisotopic (exact) mass is 522 g/mol. The van der Waals surface area contributed by atoms with Gasteiger partial charge in [0.25, 0.3) is 5.91 Å². The Bertz CT molecular complexity index is 1040. The standard InChI is InChI=1S/C28H31BrN2O3/c1-3-21(2)30-28(33)26(18-22-10-6-4-7-11-22)31(19-23-14-16-24(29)17-15-23)27(32)20-34-25-12-8-5-9-13-25/h4-17,21,26H,3,18-20H2,1-2H3,(H,30,33)/t21-,26-/m0/s1. The maximum atomic E-state index is 13.5. The number of hydrogen-bond acceptors (Lipinski definition) is 3. The highest BCUT2D eigenvalue weighted by molar-refractivity contribution is 9.10. The van der Waals surface area contributed by atoms with Gasteiger partial charge < -0.3 is 15.0 Å². The molecule has 0 fully saturated rings. The molecule has 0 saturated carbocycles. The minimum atomic E-state index is -0.674. The summed E-state index contributed by atoms with van der Waals surface area (Å²) >= 11 is 3.46. The van der Waals surface area contributed by atoms with Crippen molar-refractivity contribution in [1.29, 1.82) is 0 Å². The van der Waals surface area contributed by atoms with E-state index < -0.39 is 6.04 Å². The molecule has 3 rings (SSSR count). The van der Waals surface area contributed by atoms with Crippen molar-refractivity contribution in [2.75, 3.05) is 6.61 Å². The number of nitrogens with zero attached hydrogens (tertiary/aromatic N) is 1. The molecule has 6 heteroatoms. The molecule has 1 N–H and O–H groups in total. The van der Waals surface area contributed by atoms with Crippen LogP contribution in [-0.2, 0) is 22.6 Å². The van der Waals surface area contributed by atoms with Gasteiger partial charge in [0.2, 0.25) is 5.91 Å². The van der Waals surface area contributed by atoms with Crippen molar-refractivity contribution in [2.45, 2.75) is 45.3 Å². The van der Waals surface area contributed by atoms with E-state index >= 15 is 0 Å². The Labute approximate surface area is 210 Å². The summed E-state index contributed by atoms with van der Waals surface area (Å²) in [5.74, 6) is 0.207. The first kappa shape index (κ1) is 25.5. The molecule has 5 nitrogen and oxygen atoms in total. The summed E-state index contributed by atoms with van der Waals surface area (Å²) in [4.78, 5) is 28.6. The second-order valence-corrected chi connectivity index (χ2v) is 9.19. The number of rotatable bonds is 11. The summed E-state index contributed by atoms with van der Waals surface area (Å²) in [6.45, 7) is 4.14. The van der Waals surface area contributed by atoms with E-state index in [4.69, 9.17) is 4.74 Å². The summed E-state index contributed by atoms with van der Waals surface area (Å²) in [6.07, 6.45) is 1.22. The number of amides is 2. The largest absolute Gasteiger partial charge is 0.484 e. The Morgan fingerprint density at radius 3 is 2.15 bits per heavy atom. The third-order valence-corrected chi connectivity index (χ3v) is 6.17. The first-order valence-corrected chi connectivity index (χ1v) is 12.3. The highest BCUT2D eigenvalue weighted by atomic mass is 79.9. The minimum Gasteiger partial charge on any atom is -0.484 e. The lowest BCUT2D eigenvalue weighted by Gasteiger charge is -2.32. The number of carbonyl (C=O) groups is 2. The van der Waals surface area contributed by atoms with E-state index in [0.717, 1.165) is 22.0 Å². The van der Waals surface area contributed by atoms with Crippen LogP contribution in [0.15, 0.2) is 89.4 Å². The van der Waals surface area contributed by atoms with Crippen molar-refractivity contribution in [2.24, 2.45) is 0 Å². The topological polar surface area (TPSA) is 58.6 Å². The molecule has 0 saturated heterocycles. The molecule has 0 aromatic heterocycles. The molecule has 2 atom stereocenters. The third kappa shape index (κ3) is 7.73. The molecule has 2 amide bonds. The second kappa shape index (κ2) is 12.9. The van der Waals surface area contributed by atoms with Gasteiger partial charge in [0.15, 0.2) is 6.61 Å². The fourth-order valence-corrected chi connectivity index (χ4v) is 3.79. The van der Waals surface area contributed by atoms with Gasteiger partial charge >= 0.3 is 0 Å². The Morgan fingerprint density at radius 1 is 0.912 bits per heavy atom. The fraction of sp³-hybridized carbons (Fsp3) is 0.286. The van der Waals surface area contributed by atoms with Gasteiger partial charge in [-0.2, -0.15) is 0 Å². The molecule has 0 bridgehead atoms. The van der Waals surface area contributed by atoms with Crippen LogP contribution in [0.5, 0.6) is 5.75 Å². The van der Waals surface area contributed by atoms with Crippen LogP contribution in [0.25, 0.3) is 0 Å². The normalized spacial score (nSPS) is 12.4. The zero-order valence-corrected chi connectivity index (χ0v) is 21.2. The zero-order chi connectivity index (χ0) is 24.3. The first-order valence-electron chi connectivity index (χ1n) is 11.5. The highest BCUT2D eigenvalue weighted by Gasteiger charge is 2.31. The highest BCUT2D eigenvalue weighted by Crippen LogP contribution is 2.18. The van der Waals surface area contributed by atoms with Gasteiger partial charge in [0, 0.05) is 23.5 Å². The fourth-order valence-electron chi connectivity index (χ4n) is 3.53. The van der Waals surface area contributed by atoms with Crippen LogP contribution in [0.2, 0.25) is 0 Å². The number of nitrogens with one attached hydrogen (secondary N) is 1. The number of carbonyl (C=O) groups excluding carboxylic acids is 2. The van der Waals surface area contributed by atoms with Crippen LogP contribution in [0.3, 0.4) is 0 Å². The second-order valence-electron chi connectivity index (χ2n) is 8.27. The Morgan fingerprint density at radius 2 is 1.53 bits per heavy atom. The van der Waals surface area contributed by atoms with E-state index in [1.165, 1.54) is 0 Å². The molecule has 3 aromatic carbocycles. The molecule has 0 aliphatic rings. The van der Waals surface area contributed by atoms with E-state index in [0.29, 0.717) is 18.7 Å². The van der Waals surface area contributed by atoms with Crippen LogP contribution in [0, 0.1) is 0 Å². The van der Waals surface area contributed by atoms with Gasteiger partial charge in [-0.05, 0) is 48.7 Å². The number of halogens is 1. The van der Waals surface area contributed by atoms with Gasteiger partial charge in [-0.25, -0.2) is 0 Å². The number of hydrogen-bond donors (Lipinski definition) is 1. The lowest BCUT2D eigenvalue weighted by Crippen LogP contribution is -2.53. The predicted octanol–water partition coefficient (Wildman–Crippen LogP) is 5.38. The number of para-hydroxylation sites is 1. The van der Waals surface area contributed by atoms with Crippen LogP contribution >= 0.6 is 15.9 Å². The lowest BCUT2D eigenvalue weighted by atomic mass is 10.0. The molecular weight excluding hydrogens is 492 g/mol. The summed E-state index contributed by atoms with van der Waals surface area (Å²) in [7, 11) is 0. The summed E-state index contributed by atoms with van der Waals surface area (Å²) in [5, 5.41) is 3.07. The van der Waals surface area contributed by atoms with Crippen molar-refractivity contribution >= 4 is 27.7 Å². The minimum absolute atomic E-state index is 0.0102. The van der Waals surface area contributed by atoms with Gasteiger partial charge in [0.1, 0.15) is 11.8 Å². The van der Waals surface area contributed by atoms with E-state index in [1.54, 1.807) is 4.90 Å². The zero-order valence-electron chi connectivity index (χ0n) is 19.6. The van der Waals surface area contributed by atoms with Crippen molar-refractivity contribution in [1.82, 2.24) is 10.2 Å². The number of ether oxygens (including phenoxy) is 1. The SMILES string of the molecule is CC[C@H](C)NC(=O)[C@H](Cc1ccccc1)N(Cc1ccc(Br)cc1)C(=O)COc1ccccc1. The average molecular weight is 523 g/mol. The molecule has 178 valence electrons. The molecule has 0 unspecified atom stereocenters. The van der Waals surface area contributed by atoms with Crippen LogP contribution in [0.4, 0.5) is 0 Å². The smallest absolute Gasteiger partial charge is 0.261 e. The molecule has 0 spiro atoms. The summed E-state index contributed by atoms with van der Waals surface area (Å²) in [5.41, 5.74) is 1.93. The van der Waals surface area contributed by atoms with Crippen molar-refractivity contribution in [3.63, 3.8) is 0 Å². The first-order chi connectivity index (χ1) is 16.5. The molecule has 34 heavy (non-hydrogen) atoms. The summed E-state index contributed by atoms with van der Waals surface area (Å²) in [6, 6.07) is 26.1. The summed E-state index contributed by atoms with van der Waals surface area (Å²) < 4.78 is 6.71. The third-order valence-electron chi connectivity index (χ3n) is 5.64. The van der Waals surface area contributed by atoms with Crippen LogP contribution < -0.4 is 10.1 Å². The van der Waals surface area contributed by atoms with Crippen molar-refractivity contribution < 1.29 is 14.3 Å². The van der Waals surface area contributed by atoms with E-state index in [2.05, 4.69) is 21.2 Å². The predicted molar refractivity (Wildman–Crippen MR) is 138 cm³/mol. The van der Waals surface area contributed by atoms with Crippen LogP contribution in [0.1, 0.15) is 31.4 Å². The molecule has 0 aliphatic heterocycles. The Balaban J connectivity index is 1.90. The van der Waals surface area contributed by atoms with Gasteiger partial charge in [-0.3, -0.25) is 9.59 Å². The van der Waals surface area contributed by atoms with E-state index in [1.807, 2.05) is 98.8 Å². The van der Waals surface area contributed by atoms with Gasteiger partial charge in [-0.1, -0.05) is 83.5 Å². The average Bonchev–Trinajstić information content (AvgIpc) is 2.87. The Hall–Kier alpha value is -3.12. The van der Waals surface area contributed by atoms with E-state index in [-0.39, 0.29) is 24.5 Å². The van der Waals surface area contributed by atoms with Gasteiger partial charge in [0.05, 0.1) is 0 Å². The van der Waals surface area contributed by atoms with Crippen molar-refractivity contribution in [3.05, 3.63) is 101 Å². The Kier molecular flexibility index (Phi) is 9.71.